The van der Waals surface area contributed by atoms with Crippen molar-refractivity contribution in [1.82, 2.24) is 10.6 Å². The Hall–Kier alpha value is -3.80. The van der Waals surface area contributed by atoms with Crippen molar-refractivity contribution in [1.29, 1.82) is 0 Å². The summed E-state index contributed by atoms with van der Waals surface area (Å²) in [6, 6.07) is 36.4. The third-order valence-corrected chi connectivity index (χ3v) is 12.9. The fraction of sp³-hybridized carbons (Fsp3) is 0.235. The van der Waals surface area contributed by atoms with Gasteiger partial charge in [-0.05, 0) is 0 Å². The molecule has 0 aliphatic heterocycles. The van der Waals surface area contributed by atoms with E-state index in [1.807, 2.05) is 72.8 Å². The van der Waals surface area contributed by atoms with Gasteiger partial charge in [0.25, 0.3) is 0 Å². The van der Waals surface area contributed by atoms with Gasteiger partial charge in [0.15, 0.2) is 14.3 Å². The van der Waals surface area contributed by atoms with E-state index in [1.54, 1.807) is 48.5 Å². The molecule has 2 amide bonds. The second-order valence-electron chi connectivity index (χ2n) is 10.1. The molecule has 4 aromatic rings. The standard InChI is InChI=1S/C34H38N2O6P2/c37-33(27-43(39,29-13-5-1-6-14-29)30-15-7-2-8-16-30)35-21-23-41-25-26-42-24-22-36-34(38)28-44(40,31-17-9-3-10-18-31)32-19-11-4-12-20-32/h1-20H,21-28H2,(H,35,37)(H,36,38). The first-order valence-corrected chi connectivity index (χ1v) is 18.3. The second-order valence-corrected chi connectivity index (χ2v) is 15.7. The van der Waals surface area contributed by atoms with Gasteiger partial charge >= 0.3 is 0 Å². The number of hydrogen-bond acceptors (Lipinski definition) is 6. The van der Waals surface area contributed by atoms with E-state index in [0.717, 1.165) is 0 Å². The summed E-state index contributed by atoms with van der Waals surface area (Å²) in [5.41, 5.74) is 0. The molecule has 230 valence electrons. The molecule has 10 heteroatoms. The monoisotopic (exact) mass is 632 g/mol. The Balaban J connectivity index is 1.11. The zero-order valence-electron chi connectivity index (χ0n) is 24.5. The minimum absolute atomic E-state index is 0.123. The number of rotatable bonds is 17. The molecule has 0 spiro atoms. The molecule has 0 aliphatic carbocycles. The van der Waals surface area contributed by atoms with Crippen molar-refractivity contribution in [3.05, 3.63) is 121 Å². The van der Waals surface area contributed by atoms with Crippen LogP contribution < -0.4 is 31.9 Å². The maximum Gasteiger partial charge on any atom is 0.228 e. The first kappa shape index (κ1) is 33.1. The highest BCUT2D eigenvalue weighted by molar-refractivity contribution is 7.79. The summed E-state index contributed by atoms with van der Waals surface area (Å²) in [6.45, 7) is 1.74. The topological polar surface area (TPSA) is 111 Å². The summed E-state index contributed by atoms with van der Waals surface area (Å²) in [4.78, 5) is 25.4. The Bertz CT molecular complexity index is 1350. The second kappa shape index (κ2) is 16.9. The van der Waals surface area contributed by atoms with Crippen LogP contribution >= 0.6 is 14.3 Å². The van der Waals surface area contributed by atoms with Crippen molar-refractivity contribution in [3.63, 3.8) is 0 Å². The number of amides is 2. The van der Waals surface area contributed by atoms with E-state index in [2.05, 4.69) is 10.6 Å². The van der Waals surface area contributed by atoms with Crippen molar-refractivity contribution in [2.24, 2.45) is 0 Å². The molecule has 0 saturated heterocycles. The van der Waals surface area contributed by atoms with Gasteiger partial charge in [0.05, 0.1) is 38.8 Å². The average Bonchev–Trinajstić information content (AvgIpc) is 3.07. The highest BCUT2D eigenvalue weighted by atomic mass is 31.2. The highest BCUT2D eigenvalue weighted by Gasteiger charge is 2.31. The normalized spacial score (nSPS) is 11.5. The molecule has 8 nitrogen and oxygen atoms in total. The lowest BCUT2D eigenvalue weighted by Crippen LogP contribution is -2.33. The van der Waals surface area contributed by atoms with Crippen LogP contribution in [-0.2, 0) is 28.2 Å². The predicted molar refractivity (Wildman–Crippen MR) is 177 cm³/mol. The summed E-state index contributed by atoms with van der Waals surface area (Å²) < 4.78 is 39.0. The zero-order chi connectivity index (χ0) is 31.1. The summed E-state index contributed by atoms with van der Waals surface area (Å²) in [7, 11) is -6.25. The molecule has 0 fully saturated rings. The van der Waals surface area contributed by atoms with E-state index in [0.29, 0.717) is 34.4 Å². The lowest BCUT2D eigenvalue weighted by atomic mass is 10.4. The lowest BCUT2D eigenvalue weighted by molar-refractivity contribution is -0.119. The van der Waals surface area contributed by atoms with Gasteiger partial charge in [-0.15, -0.1) is 0 Å². The number of carbonyl (C=O) groups is 2. The maximum atomic E-state index is 14.0. The van der Waals surface area contributed by atoms with Crippen LogP contribution in [-0.4, -0.2) is 63.7 Å². The van der Waals surface area contributed by atoms with Crippen molar-refractivity contribution in [2.75, 3.05) is 51.8 Å². The van der Waals surface area contributed by atoms with Crippen molar-refractivity contribution in [2.45, 2.75) is 0 Å². The maximum absolute atomic E-state index is 14.0. The van der Waals surface area contributed by atoms with Crippen LogP contribution in [0.25, 0.3) is 0 Å². The highest BCUT2D eigenvalue weighted by Crippen LogP contribution is 2.43. The van der Waals surface area contributed by atoms with Gasteiger partial charge in [-0.3, -0.25) is 9.59 Å². The minimum atomic E-state index is -3.13. The van der Waals surface area contributed by atoms with Crippen LogP contribution in [0.1, 0.15) is 0 Å². The van der Waals surface area contributed by atoms with Gasteiger partial charge in [0, 0.05) is 34.3 Å². The summed E-state index contributed by atoms with van der Waals surface area (Å²) in [5, 5.41) is 8.18. The van der Waals surface area contributed by atoms with Crippen molar-refractivity contribution < 1.29 is 28.2 Å². The third kappa shape index (κ3) is 9.35. The van der Waals surface area contributed by atoms with Crippen molar-refractivity contribution in [3.8, 4) is 0 Å². The van der Waals surface area contributed by atoms with E-state index >= 15 is 0 Å². The van der Waals surface area contributed by atoms with Gasteiger partial charge < -0.3 is 29.2 Å². The minimum Gasteiger partial charge on any atom is -0.377 e. The number of ether oxygens (including phenoxy) is 2. The smallest absolute Gasteiger partial charge is 0.228 e. The van der Waals surface area contributed by atoms with E-state index in [-0.39, 0.29) is 50.4 Å². The van der Waals surface area contributed by atoms with Crippen LogP contribution in [0.3, 0.4) is 0 Å². The molecular weight excluding hydrogens is 594 g/mol. The Kier molecular flexibility index (Phi) is 12.7. The van der Waals surface area contributed by atoms with Crippen LogP contribution in [0, 0.1) is 0 Å². The molecule has 2 N–H and O–H groups in total. The van der Waals surface area contributed by atoms with Gasteiger partial charge in [-0.1, -0.05) is 121 Å². The first-order chi connectivity index (χ1) is 21.4. The molecular formula is C34H38N2O6P2. The van der Waals surface area contributed by atoms with E-state index in [4.69, 9.17) is 9.47 Å². The van der Waals surface area contributed by atoms with Crippen LogP contribution in [0.2, 0.25) is 0 Å². The summed E-state index contributed by atoms with van der Waals surface area (Å²) >= 11 is 0. The number of nitrogens with one attached hydrogen (secondary N) is 2. The Labute approximate surface area is 258 Å². The predicted octanol–water partition coefficient (Wildman–Crippen LogP) is 3.28. The fourth-order valence-corrected chi connectivity index (χ4v) is 9.68. The molecule has 0 saturated carbocycles. The Morgan fingerprint density at radius 3 is 1.00 bits per heavy atom. The summed E-state index contributed by atoms with van der Waals surface area (Å²) in [5.74, 6) is -0.610. The Morgan fingerprint density at radius 2 is 0.727 bits per heavy atom. The van der Waals surface area contributed by atoms with Gasteiger partial charge in [-0.25, -0.2) is 0 Å². The zero-order valence-corrected chi connectivity index (χ0v) is 26.3. The molecule has 0 bridgehead atoms. The van der Waals surface area contributed by atoms with E-state index in [9.17, 15) is 18.7 Å². The molecule has 0 aromatic heterocycles. The van der Waals surface area contributed by atoms with Gasteiger partial charge in [0.1, 0.15) is 0 Å². The Morgan fingerprint density at radius 1 is 0.455 bits per heavy atom. The SMILES string of the molecule is O=C(CP(=O)(c1ccccc1)c1ccccc1)NCCOCCOCCNC(=O)CP(=O)(c1ccccc1)c1ccccc1. The van der Waals surface area contributed by atoms with E-state index < -0.39 is 14.3 Å². The first-order valence-electron chi connectivity index (χ1n) is 14.5. The number of benzene rings is 4. The van der Waals surface area contributed by atoms with Crippen LogP contribution in [0.15, 0.2) is 121 Å². The lowest BCUT2D eigenvalue weighted by Gasteiger charge is -2.19. The third-order valence-electron chi connectivity index (χ3n) is 6.93. The average molecular weight is 633 g/mol. The largest absolute Gasteiger partial charge is 0.377 e. The molecule has 0 aliphatic rings. The number of carbonyl (C=O) groups excluding carboxylic acids is 2. The molecule has 0 unspecified atom stereocenters. The van der Waals surface area contributed by atoms with Gasteiger partial charge in [-0.2, -0.15) is 0 Å². The molecule has 0 atom stereocenters. The fourth-order valence-electron chi connectivity index (χ4n) is 4.70. The molecule has 0 radical (unpaired) electrons. The molecule has 4 aromatic carbocycles. The summed E-state index contributed by atoms with van der Waals surface area (Å²) in [6.07, 6.45) is -0.246. The quantitative estimate of drug-likeness (QED) is 0.137. The van der Waals surface area contributed by atoms with Crippen LogP contribution in [0.4, 0.5) is 0 Å². The van der Waals surface area contributed by atoms with E-state index in [1.165, 1.54) is 0 Å². The molecule has 0 heterocycles. The molecule has 4 rings (SSSR count). The number of hydrogen-bond donors (Lipinski definition) is 2. The van der Waals surface area contributed by atoms with Crippen molar-refractivity contribution >= 4 is 47.3 Å². The van der Waals surface area contributed by atoms with Crippen LogP contribution in [0.5, 0.6) is 0 Å². The molecule has 44 heavy (non-hydrogen) atoms. The van der Waals surface area contributed by atoms with Gasteiger partial charge in [0.2, 0.25) is 11.8 Å².